The van der Waals surface area contributed by atoms with Crippen molar-refractivity contribution in [2.45, 2.75) is 18.9 Å². The van der Waals surface area contributed by atoms with Crippen molar-refractivity contribution in [1.29, 1.82) is 0 Å². The molecule has 0 saturated heterocycles. The molecule has 0 aromatic rings. The predicted molar refractivity (Wildman–Crippen MR) is 52.2 cm³/mol. The SMILES string of the molecule is C#CC(CC=C)(NC(C)=O)C(=O)OC. The third kappa shape index (κ3) is 2.63. The Labute approximate surface area is 83.3 Å². The molecule has 0 radical (unpaired) electrons. The molecule has 1 atom stereocenters. The van der Waals surface area contributed by atoms with Crippen molar-refractivity contribution < 1.29 is 14.3 Å². The van der Waals surface area contributed by atoms with Crippen LogP contribution in [0.3, 0.4) is 0 Å². The Morgan fingerprint density at radius 3 is 2.57 bits per heavy atom. The van der Waals surface area contributed by atoms with Gasteiger partial charge in [-0.3, -0.25) is 4.79 Å². The van der Waals surface area contributed by atoms with Gasteiger partial charge in [0.25, 0.3) is 0 Å². The summed E-state index contributed by atoms with van der Waals surface area (Å²) < 4.78 is 4.52. The first-order valence-electron chi connectivity index (χ1n) is 3.98. The average Bonchev–Trinajstić information content (AvgIpc) is 2.15. The number of methoxy groups -OCH3 is 1. The Bertz CT molecular complexity index is 290. The Morgan fingerprint density at radius 1 is 1.71 bits per heavy atom. The van der Waals surface area contributed by atoms with Crippen molar-refractivity contribution >= 4 is 11.9 Å². The molecular weight excluding hydrogens is 182 g/mol. The van der Waals surface area contributed by atoms with Gasteiger partial charge in [0.1, 0.15) is 0 Å². The summed E-state index contributed by atoms with van der Waals surface area (Å²) in [5.41, 5.74) is -1.43. The van der Waals surface area contributed by atoms with Gasteiger partial charge in [0.2, 0.25) is 11.4 Å². The standard InChI is InChI=1S/C10H13NO3/c1-5-7-10(6-2,9(13)14-4)11-8(3)12/h2,5H,1,7H2,3-4H3,(H,11,12). The normalized spacial score (nSPS) is 13.2. The Balaban J connectivity index is 4.98. The fourth-order valence-corrected chi connectivity index (χ4v) is 1.03. The number of terminal acetylenes is 1. The van der Waals surface area contributed by atoms with E-state index in [1.54, 1.807) is 0 Å². The molecule has 0 aromatic carbocycles. The van der Waals surface area contributed by atoms with Gasteiger partial charge in [-0.25, -0.2) is 4.79 Å². The smallest absolute Gasteiger partial charge is 0.344 e. The lowest BCUT2D eigenvalue weighted by Gasteiger charge is -2.24. The molecule has 0 fully saturated rings. The van der Waals surface area contributed by atoms with Gasteiger partial charge in [-0.2, -0.15) is 0 Å². The van der Waals surface area contributed by atoms with Crippen LogP contribution < -0.4 is 5.32 Å². The number of amides is 1. The summed E-state index contributed by atoms with van der Waals surface area (Å²) >= 11 is 0. The fourth-order valence-electron chi connectivity index (χ4n) is 1.03. The maximum atomic E-state index is 11.4. The highest BCUT2D eigenvalue weighted by atomic mass is 16.5. The van der Waals surface area contributed by atoms with Gasteiger partial charge in [0.05, 0.1) is 7.11 Å². The summed E-state index contributed by atoms with van der Waals surface area (Å²) in [7, 11) is 1.21. The first-order chi connectivity index (χ1) is 6.52. The number of esters is 1. The molecule has 0 rings (SSSR count). The van der Waals surface area contributed by atoms with Gasteiger partial charge in [0.15, 0.2) is 0 Å². The minimum atomic E-state index is -1.43. The van der Waals surface area contributed by atoms with Gasteiger partial charge in [-0.15, -0.1) is 13.0 Å². The van der Waals surface area contributed by atoms with E-state index in [2.05, 4.69) is 22.6 Å². The topological polar surface area (TPSA) is 55.4 Å². The Morgan fingerprint density at radius 2 is 2.29 bits per heavy atom. The van der Waals surface area contributed by atoms with E-state index in [9.17, 15) is 9.59 Å². The average molecular weight is 195 g/mol. The second kappa shape index (κ2) is 5.07. The van der Waals surface area contributed by atoms with Gasteiger partial charge in [-0.05, 0) is 0 Å². The van der Waals surface area contributed by atoms with E-state index in [-0.39, 0.29) is 6.42 Å². The number of nitrogens with one attached hydrogen (secondary N) is 1. The second-order valence-electron chi connectivity index (χ2n) is 2.72. The maximum Gasteiger partial charge on any atom is 0.344 e. The monoisotopic (exact) mass is 195 g/mol. The molecule has 0 bridgehead atoms. The van der Waals surface area contributed by atoms with Crippen molar-refractivity contribution in [3.63, 3.8) is 0 Å². The summed E-state index contributed by atoms with van der Waals surface area (Å²) in [6.07, 6.45) is 6.79. The van der Waals surface area contributed by atoms with Gasteiger partial charge in [0, 0.05) is 13.3 Å². The van der Waals surface area contributed by atoms with Crippen LogP contribution in [0, 0.1) is 12.3 Å². The third-order valence-corrected chi connectivity index (χ3v) is 1.62. The number of hydrogen-bond donors (Lipinski definition) is 1. The van der Waals surface area contributed by atoms with Gasteiger partial charge in [-0.1, -0.05) is 12.0 Å². The van der Waals surface area contributed by atoms with Gasteiger partial charge < -0.3 is 10.1 Å². The summed E-state index contributed by atoms with van der Waals surface area (Å²) in [6, 6.07) is 0. The lowest BCUT2D eigenvalue weighted by Crippen LogP contribution is -2.53. The molecular formula is C10H13NO3. The van der Waals surface area contributed by atoms with E-state index >= 15 is 0 Å². The second-order valence-corrected chi connectivity index (χ2v) is 2.72. The molecule has 0 spiro atoms. The van der Waals surface area contributed by atoms with Crippen LogP contribution in [0.25, 0.3) is 0 Å². The number of rotatable bonds is 4. The number of ether oxygens (including phenoxy) is 1. The third-order valence-electron chi connectivity index (χ3n) is 1.62. The maximum absolute atomic E-state index is 11.4. The minimum absolute atomic E-state index is 0.135. The van der Waals surface area contributed by atoms with Crippen LogP contribution in [-0.4, -0.2) is 24.5 Å². The molecule has 4 heteroatoms. The summed E-state index contributed by atoms with van der Waals surface area (Å²) in [5.74, 6) is 1.16. The molecule has 4 nitrogen and oxygen atoms in total. The molecule has 76 valence electrons. The first-order valence-corrected chi connectivity index (χ1v) is 3.98. The largest absolute Gasteiger partial charge is 0.467 e. The van der Waals surface area contributed by atoms with Crippen LogP contribution in [0.1, 0.15) is 13.3 Å². The molecule has 1 amide bonds. The quantitative estimate of drug-likeness (QED) is 0.397. The van der Waals surface area contributed by atoms with E-state index in [0.29, 0.717) is 0 Å². The van der Waals surface area contributed by atoms with E-state index in [1.165, 1.54) is 20.1 Å². The van der Waals surface area contributed by atoms with Crippen molar-refractivity contribution in [3.8, 4) is 12.3 Å². The molecule has 0 heterocycles. The highest BCUT2D eigenvalue weighted by Crippen LogP contribution is 2.12. The molecule has 0 aromatic heterocycles. The Kier molecular flexibility index (Phi) is 4.44. The van der Waals surface area contributed by atoms with Crippen LogP contribution in [0.4, 0.5) is 0 Å². The predicted octanol–water partition coefficient (Wildman–Crippen LogP) is 0.244. The molecule has 0 aliphatic heterocycles. The summed E-state index contributed by atoms with van der Waals surface area (Å²) in [5, 5.41) is 2.37. The summed E-state index contributed by atoms with van der Waals surface area (Å²) in [4.78, 5) is 22.2. The van der Waals surface area contributed by atoms with Crippen molar-refractivity contribution in [1.82, 2.24) is 5.32 Å². The molecule has 0 aliphatic rings. The highest BCUT2D eigenvalue weighted by Gasteiger charge is 2.37. The van der Waals surface area contributed by atoms with E-state index < -0.39 is 17.4 Å². The van der Waals surface area contributed by atoms with Crippen LogP contribution in [0.2, 0.25) is 0 Å². The van der Waals surface area contributed by atoms with Crippen molar-refractivity contribution in [2.75, 3.05) is 7.11 Å². The van der Waals surface area contributed by atoms with Crippen molar-refractivity contribution in [3.05, 3.63) is 12.7 Å². The molecule has 14 heavy (non-hydrogen) atoms. The minimum Gasteiger partial charge on any atom is -0.467 e. The Hall–Kier alpha value is -1.76. The molecule has 0 aliphatic carbocycles. The highest BCUT2D eigenvalue weighted by molar-refractivity contribution is 5.90. The van der Waals surface area contributed by atoms with Crippen LogP contribution in [-0.2, 0) is 14.3 Å². The number of carbonyl (C=O) groups is 2. The van der Waals surface area contributed by atoms with Crippen molar-refractivity contribution in [2.24, 2.45) is 0 Å². The van der Waals surface area contributed by atoms with Crippen LogP contribution in [0.15, 0.2) is 12.7 Å². The van der Waals surface area contributed by atoms with E-state index in [1.807, 2.05) is 0 Å². The zero-order chi connectivity index (χ0) is 11.2. The molecule has 1 N–H and O–H groups in total. The first kappa shape index (κ1) is 12.2. The fraction of sp³-hybridized carbons (Fsp3) is 0.400. The zero-order valence-corrected chi connectivity index (χ0v) is 8.29. The van der Waals surface area contributed by atoms with Crippen LogP contribution in [0.5, 0.6) is 0 Å². The zero-order valence-electron chi connectivity index (χ0n) is 8.29. The van der Waals surface area contributed by atoms with Gasteiger partial charge >= 0.3 is 5.97 Å². The van der Waals surface area contributed by atoms with E-state index in [4.69, 9.17) is 6.42 Å². The number of carbonyl (C=O) groups excluding carboxylic acids is 2. The lowest BCUT2D eigenvalue weighted by molar-refractivity contribution is -0.147. The summed E-state index contributed by atoms with van der Waals surface area (Å²) in [6.45, 7) is 4.74. The van der Waals surface area contributed by atoms with Crippen LogP contribution >= 0.6 is 0 Å². The lowest BCUT2D eigenvalue weighted by atomic mass is 9.96. The number of hydrogen-bond acceptors (Lipinski definition) is 3. The van der Waals surface area contributed by atoms with E-state index in [0.717, 1.165) is 0 Å². The molecule has 1 unspecified atom stereocenters. The molecule has 0 saturated carbocycles.